The molecule has 1 amide bonds. The third-order valence-corrected chi connectivity index (χ3v) is 4.76. The van der Waals surface area contributed by atoms with Crippen LogP contribution in [0.1, 0.15) is 16.9 Å². The topological polar surface area (TPSA) is 45.2 Å². The van der Waals surface area contributed by atoms with Gasteiger partial charge >= 0.3 is 0 Å². The lowest BCUT2D eigenvalue weighted by Crippen LogP contribution is -2.36. The molecule has 2 aromatic rings. The Morgan fingerprint density at radius 2 is 2.39 bits per heavy atom. The SMILES string of the molecule is Cc1cnc(N2CCC(NC(=O)C#Cc3cccc(Cl)c3)C2)s1. The highest BCUT2D eigenvalue weighted by Crippen LogP contribution is 2.25. The summed E-state index contributed by atoms with van der Waals surface area (Å²) in [5.41, 5.74) is 0.735. The molecule has 0 bridgehead atoms. The molecule has 0 aliphatic carbocycles. The van der Waals surface area contributed by atoms with Crippen LogP contribution in [0.3, 0.4) is 0 Å². The fourth-order valence-electron chi connectivity index (χ4n) is 2.46. The number of carbonyl (C=O) groups excluding carboxylic acids is 1. The molecule has 1 unspecified atom stereocenters. The maximum atomic E-state index is 12.0. The predicted molar refractivity (Wildman–Crippen MR) is 93.9 cm³/mol. The van der Waals surface area contributed by atoms with Crippen molar-refractivity contribution in [3.8, 4) is 11.8 Å². The first kappa shape index (κ1) is 15.9. The molecule has 1 fully saturated rings. The van der Waals surface area contributed by atoms with Gasteiger partial charge in [-0.05, 0) is 31.5 Å². The Morgan fingerprint density at radius 1 is 1.52 bits per heavy atom. The minimum Gasteiger partial charge on any atom is -0.346 e. The summed E-state index contributed by atoms with van der Waals surface area (Å²) in [6.07, 6.45) is 2.78. The third-order valence-electron chi connectivity index (χ3n) is 3.55. The zero-order valence-corrected chi connectivity index (χ0v) is 14.2. The second kappa shape index (κ2) is 7.03. The zero-order valence-electron chi connectivity index (χ0n) is 12.7. The van der Waals surface area contributed by atoms with Crippen LogP contribution in [0, 0.1) is 18.8 Å². The van der Waals surface area contributed by atoms with Crippen LogP contribution in [-0.2, 0) is 4.79 Å². The van der Waals surface area contributed by atoms with Crippen molar-refractivity contribution in [2.24, 2.45) is 0 Å². The quantitative estimate of drug-likeness (QED) is 0.851. The second-order valence-electron chi connectivity index (χ2n) is 5.42. The Hall–Kier alpha value is -2.03. The van der Waals surface area contributed by atoms with Gasteiger partial charge in [-0.3, -0.25) is 4.79 Å². The molecule has 6 heteroatoms. The minimum absolute atomic E-state index is 0.111. The van der Waals surface area contributed by atoms with E-state index in [4.69, 9.17) is 11.6 Å². The Kier molecular flexibility index (Phi) is 4.85. The molecule has 0 saturated carbocycles. The normalized spacial score (nSPS) is 16.8. The fraction of sp³-hybridized carbons (Fsp3) is 0.294. The van der Waals surface area contributed by atoms with Gasteiger partial charge in [-0.15, -0.1) is 11.3 Å². The van der Waals surface area contributed by atoms with Crippen molar-refractivity contribution < 1.29 is 4.79 Å². The van der Waals surface area contributed by atoms with E-state index in [1.807, 2.05) is 25.3 Å². The standard InChI is InChI=1S/C17H16ClN3OS/c1-12-10-19-17(23-12)21-8-7-15(11-21)20-16(22)6-5-13-3-2-4-14(18)9-13/h2-4,9-10,15H,7-8,11H2,1H3,(H,20,22). The van der Waals surface area contributed by atoms with Crippen LogP contribution in [0.4, 0.5) is 5.13 Å². The van der Waals surface area contributed by atoms with Gasteiger partial charge in [-0.1, -0.05) is 23.6 Å². The Morgan fingerprint density at radius 3 is 3.13 bits per heavy atom. The van der Waals surface area contributed by atoms with E-state index >= 15 is 0 Å². The summed E-state index contributed by atoms with van der Waals surface area (Å²) in [4.78, 5) is 19.7. The van der Waals surface area contributed by atoms with E-state index < -0.39 is 0 Å². The average Bonchev–Trinajstić information content (AvgIpc) is 3.14. The number of rotatable bonds is 2. The molecule has 23 heavy (non-hydrogen) atoms. The van der Waals surface area contributed by atoms with Gasteiger partial charge in [0.25, 0.3) is 5.91 Å². The first-order valence-corrected chi connectivity index (χ1v) is 8.55. The van der Waals surface area contributed by atoms with Crippen molar-refractivity contribution in [3.05, 3.63) is 45.9 Å². The molecule has 1 atom stereocenters. The van der Waals surface area contributed by atoms with Gasteiger partial charge in [-0.25, -0.2) is 4.98 Å². The van der Waals surface area contributed by atoms with Crippen LogP contribution in [0.15, 0.2) is 30.5 Å². The summed E-state index contributed by atoms with van der Waals surface area (Å²) in [6.45, 7) is 3.72. The average molecular weight is 346 g/mol. The van der Waals surface area contributed by atoms with Crippen LogP contribution in [0.5, 0.6) is 0 Å². The van der Waals surface area contributed by atoms with Gasteiger partial charge in [0.1, 0.15) is 0 Å². The highest BCUT2D eigenvalue weighted by Gasteiger charge is 2.25. The molecule has 118 valence electrons. The minimum atomic E-state index is -0.257. The van der Waals surface area contributed by atoms with E-state index in [1.165, 1.54) is 4.88 Å². The van der Waals surface area contributed by atoms with Crippen LogP contribution >= 0.6 is 22.9 Å². The number of benzene rings is 1. The van der Waals surface area contributed by atoms with E-state index in [-0.39, 0.29) is 11.9 Å². The number of hydrogen-bond acceptors (Lipinski definition) is 4. The molecule has 1 aliphatic heterocycles. The lowest BCUT2D eigenvalue weighted by Gasteiger charge is -2.14. The van der Waals surface area contributed by atoms with Gasteiger partial charge < -0.3 is 10.2 Å². The lowest BCUT2D eigenvalue weighted by molar-refractivity contribution is -0.116. The van der Waals surface area contributed by atoms with Crippen molar-refractivity contribution in [2.75, 3.05) is 18.0 Å². The maximum absolute atomic E-state index is 12.0. The number of carbonyl (C=O) groups is 1. The van der Waals surface area contributed by atoms with Crippen molar-refractivity contribution in [3.63, 3.8) is 0 Å². The monoisotopic (exact) mass is 345 g/mol. The largest absolute Gasteiger partial charge is 0.346 e. The summed E-state index contributed by atoms with van der Waals surface area (Å²) >= 11 is 7.57. The molecule has 1 N–H and O–H groups in total. The molecule has 1 saturated heterocycles. The smallest absolute Gasteiger partial charge is 0.296 e. The third kappa shape index (κ3) is 4.25. The van der Waals surface area contributed by atoms with Crippen molar-refractivity contribution >= 4 is 34.0 Å². The number of halogens is 1. The number of aryl methyl sites for hydroxylation is 1. The molecule has 1 aliphatic rings. The van der Waals surface area contributed by atoms with Crippen LogP contribution in [-0.4, -0.2) is 30.0 Å². The van der Waals surface area contributed by atoms with Gasteiger partial charge in [-0.2, -0.15) is 0 Å². The summed E-state index contributed by atoms with van der Waals surface area (Å²) in [6, 6.07) is 7.27. The lowest BCUT2D eigenvalue weighted by atomic mass is 10.2. The number of aromatic nitrogens is 1. The van der Waals surface area contributed by atoms with E-state index in [1.54, 1.807) is 23.5 Å². The molecule has 4 nitrogen and oxygen atoms in total. The fourth-order valence-corrected chi connectivity index (χ4v) is 3.44. The molecule has 1 aromatic heterocycles. The number of nitrogens with one attached hydrogen (secondary N) is 1. The number of amides is 1. The number of thiazole rings is 1. The molecular formula is C17H16ClN3OS. The predicted octanol–water partition coefficient (Wildman–Crippen LogP) is 2.85. The molecule has 3 rings (SSSR count). The van der Waals surface area contributed by atoms with Gasteiger partial charge in [0.15, 0.2) is 5.13 Å². The van der Waals surface area contributed by atoms with E-state index in [0.29, 0.717) is 5.02 Å². The van der Waals surface area contributed by atoms with Crippen molar-refractivity contribution in [2.45, 2.75) is 19.4 Å². The van der Waals surface area contributed by atoms with Gasteiger partial charge in [0.2, 0.25) is 0 Å². The van der Waals surface area contributed by atoms with Crippen LogP contribution in [0.2, 0.25) is 5.02 Å². The first-order valence-electron chi connectivity index (χ1n) is 7.35. The molecular weight excluding hydrogens is 330 g/mol. The summed E-state index contributed by atoms with van der Waals surface area (Å²) in [7, 11) is 0. The molecule has 0 radical (unpaired) electrons. The number of hydrogen-bond donors (Lipinski definition) is 1. The van der Waals surface area contributed by atoms with E-state index in [2.05, 4.69) is 27.0 Å². The molecule has 0 spiro atoms. The second-order valence-corrected chi connectivity index (χ2v) is 7.07. The highest BCUT2D eigenvalue weighted by molar-refractivity contribution is 7.15. The Balaban J connectivity index is 1.55. The summed E-state index contributed by atoms with van der Waals surface area (Å²) in [5, 5.41) is 4.59. The van der Waals surface area contributed by atoms with Crippen molar-refractivity contribution in [1.82, 2.24) is 10.3 Å². The van der Waals surface area contributed by atoms with Crippen molar-refractivity contribution in [1.29, 1.82) is 0 Å². The summed E-state index contributed by atoms with van der Waals surface area (Å²) in [5.74, 6) is 5.20. The number of nitrogens with zero attached hydrogens (tertiary/aromatic N) is 2. The maximum Gasteiger partial charge on any atom is 0.296 e. The van der Waals surface area contributed by atoms with Crippen LogP contribution < -0.4 is 10.2 Å². The van der Waals surface area contributed by atoms with E-state index in [9.17, 15) is 4.79 Å². The Labute approximate surface area is 144 Å². The first-order chi connectivity index (χ1) is 11.1. The van der Waals surface area contributed by atoms with Gasteiger partial charge in [0, 0.05) is 46.7 Å². The highest BCUT2D eigenvalue weighted by atomic mass is 35.5. The molecule has 2 heterocycles. The zero-order chi connectivity index (χ0) is 16.2. The van der Waals surface area contributed by atoms with E-state index in [0.717, 1.165) is 30.2 Å². The Bertz CT molecular complexity index is 777. The number of anilines is 1. The molecule has 1 aromatic carbocycles. The van der Waals surface area contributed by atoms with Crippen LogP contribution in [0.25, 0.3) is 0 Å². The van der Waals surface area contributed by atoms with Gasteiger partial charge in [0.05, 0.1) is 0 Å². The summed E-state index contributed by atoms with van der Waals surface area (Å²) < 4.78 is 0.